The number of hydrogen-bond donors (Lipinski definition) is 0. The average molecular weight is 292 g/mol. The maximum Gasteiger partial charge on any atom is 0.274 e. The Morgan fingerprint density at radius 2 is 2.40 bits per heavy atom. The van der Waals surface area contributed by atoms with Crippen molar-refractivity contribution in [3.05, 3.63) is 29.0 Å². The molecule has 1 aliphatic rings. The Balaban J connectivity index is 1.88. The van der Waals surface area contributed by atoms with E-state index in [0.717, 1.165) is 9.88 Å². The van der Waals surface area contributed by atoms with Gasteiger partial charge in [0.2, 0.25) is 0 Å². The highest BCUT2D eigenvalue weighted by molar-refractivity contribution is 7.15. The van der Waals surface area contributed by atoms with Crippen LogP contribution in [0.3, 0.4) is 0 Å². The van der Waals surface area contributed by atoms with Crippen LogP contribution in [0.5, 0.6) is 0 Å². The number of morpholine rings is 1. The summed E-state index contributed by atoms with van der Waals surface area (Å²) in [4.78, 5) is 19.8. The lowest BCUT2D eigenvalue weighted by atomic mass is 10.2. The normalized spacial score (nSPS) is 19.3. The number of ether oxygens (including phenoxy) is 1. The Kier molecular flexibility index (Phi) is 3.58. The van der Waals surface area contributed by atoms with E-state index < -0.39 is 0 Å². The van der Waals surface area contributed by atoms with Gasteiger partial charge in [0, 0.05) is 11.4 Å². The number of nitrogens with zero attached hydrogens (tertiary/aromatic N) is 2. The Labute approximate surface area is 121 Å². The highest BCUT2D eigenvalue weighted by atomic mass is 32.1. The lowest BCUT2D eigenvalue weighted by Gasteiger charge is -2.32. The van der Waals surface area contributed by atoms with Crippen molar-refractivity contribution in [3.8, 4) is 10.8 Å². The molecule has 6 heteroatoms. The number of amides is 1. The molecule has 3 heterocycles. The Morgan fingerprint density at radius 1 is 1.55 bits per heavy atom. The van der Waals surface area contributed by atoms with Gasteiger partial charge in [0.05, 0.1) is 25.5 Å². The Morgan fingerprint density at radius 3 is 3.10 bits per heavy atom. The Hall–Kier alpha value is -1.66. The highest BCUT2D eigenvalue weighted by Gasteiger charge is 2.28. The number of hydrogen-bond acceptors (Lipinski definition) is 5. The molecule has 0 radical (unpaired) electrons. The molecule has 0 aromatic carbocycles. The maximum atomic E-state index is 12.6. The van der Waals surface area contributed by atoms with E-state index in [0.29, 0.717) is 31.2 Å². The quantitative estimate of drug-likeness (QED) is 0.853. The predicted octanol–water partition coefficient (Wildman–Crippen LogP) is 2.57. The number of thiazole rings is 1. The van der Waals surface area contributed by atoms with Gasteiger partial charge in [-0.15, -0.1) is 11.3 Å². The minimum absolute atomic E-state index is 0.0210. The van der Waals surface area contributed by atoms with Crippen LogP contribution in [0.4, 0.5) is 0 Å². The standard InChI is InChI=1S/C14H16N2O3S/c1-9-8-18-7-5-16(9)14(17)12-10(2)20-13(15-12)11-4-3-6-19-11/h3-4,6,9H,5,7-8H2,1-2H3/t9-/m1/s1. The molecule has 0 bridgehead atoms. The fourth-order valence-electron chi connectivity index (χ4n) is 2.27. The van der Waals surface area contributed by atoms with Gasteiger partial charge in [-0.3, -0.25) is 4.79 Å². The van der Waals surface area contributed by atoms with E-state index in [2.05, 4.69) is 4.98 Å². The first-order valence-electron chi connectivity index (χ1n) is 6.57. The summed E-state index contributed by atoms with van der Waals surface area (Å²) in [6.45, 7) is 5.70. The molecule has 0 spiro atoms. The van der Waals surface area contributed by atoms with Crippen molar-refractivity contribution in [2.75, 3.05) is 19.8 Å². The fraction of sp³-hybridized carbons (Fsp3) is 0.429. The van der Waals surface area contributed by atoms with Gasteiger partial charge in [0.15, 0.2) is 10.8 Å². The van der Waals surface area contributed by atoms with E-state index in [1.807, 2.05) is 30.9 Å². The third-order valence-electron chi connectivity index (χ3n) is 3.36. The molecule has 106 valence electrons. The molecule has 1 fully saturated rings. The summed E-state index contributed by atoms with van der Waals surface area (Å²) in [6.07, 6.45) is 1.61. The zero-order valence-electron chi connectivity index (χ0n) is 11.5. The minimum atomic E-state index is -0.0210. The molecular formula is C14H16N2O3S. The van der Waals surface area contributed by atoms with Crippen LogP contribution in [0.1, 0.15) is 22.3 Å². The van der Waals surface area contributed by atoms with Crippen molar-refractivity contribution in [3.63, 3.8) is 0 Å². The van der Waals surface area contributed by atoms with E-state index in [1.165, 1.54) is 11.3 Å². The molecular weight excluding hydrogens is 276 g/mol. The largest absolute Gasteiger partial charge is 0.462 e. The van der Waals surface area contributed by atoms with Crippen LogP contribution >= 0.6 is 11.3 Å². The van der Waals surface area contributed by atoms with Crippen molar-refractivity contribution in [1.29, 1.82) is 0 Å². The van der Waals surface area contributed by atoms with Crippen molar-refractivity contribution in [2.24, 2.45) is 0 Å². The van der Waals surface area contributed by atoms with Crippen molar-refractivity contribution < 1.29 is 13.9 Å². The van der Waals surface area contributed by atoms with Gasteiger partial charge in [-0.1, -0.05) is 0 Å². The molecule has 0 saturated carbocycles. The summed E-state index contributed by atoms with van der Waals surface area (Å²) in [5.74, 6) is 0.680. The van der Waals surface area contributed by atoms with Crippen LogP contribution in [-0.2, 0) is 4.74 Å². The van der Waals surface area contributed by atoms with Gasteiger partial charge in [-0.25, -0.2) is 4.98 Å². The lowest BCUT2D eigenvalue weighted by Crippen LogP contribution is -2.47. The molecule has 1 aliphatic heterocycles. The first kappa shape index (κ1) is 13.3. The summed E-state index contributed by atoms with van der Waals surface area (Å²) in [5.41, 5.74) is 0.523. The number of aromatic nitrogens is 1. The third-order valence-corrected chi connectivity index (χ3v) is 4.34. The smallest absolute Gasteiger partial charge is 0.274 e. The van der Waals surface area contributed by atoms with Crippen LogP contribution in [-0.4, -0.2) is 41.6 Å². The molecule has 0 unspecified atom stereocenters. The zero-order valence-corrected chi connectivity index (χ0v) is 12.3. The van der Waals surface area contributed by atoms with Crippen molar-refractivity contribution >= 4 is 17.2 Å². The molecule has 5 nitrogen and oxygen atoms in total. The third kappa shape index (κ3) is 2.36. The second-order valence-corrected chi connectivity index (χ2v) is 6.03. The van der Waals surface area contributed by atoms with Crippen LogP contribution in [0.25, 0.3) is 10.8 Å². The average Bonchev–Trinajstić information content (AvgIpc) is 3.07. The van der Waals surface area contributed by atoms with Gasteiger partial charge < -0.3 is 14.1 Å². The van der Waals surface area contributed by atoms with E-state index in [1.54, 1.807) is 6.26 Å². The summed E-state index contributed by atoms with van der Waals surface area (Å²) in [5, 5.41) is 0.747. The summed E-state index contributed by atoms with van der Waals surface area (Å²) in [6, 6.07) is 3.76. The van der Waals surface area contributed by atoms with Gasteiger partial charge in [-0.2, -0.15) is 0 Å². The molecule has 1 amide bonds. The number of rotatable bonds is 2. The van der Waals surface area contributed by atoms with E-state index in [4.69, 9.17) is 9.15 Å². The monoisotopic (exact) mass is 292 g/mol. The summed E-state index contributed by atoms with van der Waals surface area (Å²) in [7, 11) is 0. The second kappa shape index (κ2) is 5.38. The van der Waals surface area contributed by atoms with Gasteiger partial charge in [-0.05, 0) is 26.0 Å². The van der Waals surface area contributed by atoms with Crippen LogP contribution in [0.15, 0.2) is 22.8 Å². The van der Waals surface area contributed by atoms with Crippen LogP contribution in [0.2, 0.25) is 0 Å². The van der Waals surface area contributed by atoms with Gasteiger partial charge >= 0.3 is 0 Å². The number of furan rings is 1. The SMILES string of the molecule is Cc1sc(-c2ccco2)nc1C(=O)N1CCOC[C@H]1C. The molecule has 2 aromatic heterocycles. The number of aryl methyl sites for hydroxylation is 1. The van der Waals surface area contributed by atoms with Gasteiger partial charge in [0.1, 0.15) is 5.69 Å². The maximum absolute atomic E-state index is 12.6. The number of carbonyl (C=O) groups excluding carboxylic acids is 1. The summed E-state index contributed by atoms with van der Waals surface area (Å²) >= 11 is 1.48. The first-order chi connectivity index (χ1) is 9.66. The molecule has 1 atom stereocenters. The summed E-state index contributed by atoms with van der Waals surface area (Å²) < 4.78 is 10.7. The predicted molar refractivity (Wildman–Crippen MR) is 75.9 cm³/mol. The molecule has 0 N–H and O–H groups in total. The second-order valence-electron chi connectivity index (χ2n) is 4.82. The zero-order chi connectivity index (χ0) is 14.1. The van der Waals surface area contributed by atoms with E-state index in [9.17, 15) is 4.79 Å². The van der Waals surface area contributed by atoms with E-state index in [-0.39, 0.29) is 11.9 Å². The van der Waals surface area contributed by atoms with Crippen LogP contribution < -0.4 is 0 Å². The molecule has 1 saturated heterocycles. The molecule has 2 aromatic rings. The van der Waals surface area contributed by atoms with Crippen LogP contribution in [0, 0.1) is 6.92 Å². The van der Waals surface area contributed by atoms with Crippen molar-refractivity contribution in [1.82, 2.24) is 9.88 Å². The van der Waals surface area contributed by atoms with Gasteiger partial charge in [0.25, 0.3) is 5.91 Å². The Bertz CT molecular complexity index is 606. The minimum Gasteiger partial charge on any atom is -0.462 e. The molecule has 0 aliphatic carbocycles. The highest BCUT2D eigenvalue weighted by Crippen LogP contribution is 2.29. The number of carbonyl (C=O) groups is 1. The molecule has 3 rings (SSSR count). The lowest BCUT2D eigenvalue weighted by molar-refractivity contribution is 0.00328. The molecule has 20 heavy (non-hydrogen) atoms. The first-order valence-corrected chi connectivity index (χ1v) is 7.38. The van der Waals surface area contributed by atoms with Crippen molar-refractivity contribution in [2.45, 2.75) is 19.9 Å². The van der Waals surface area contributed by atoms with E-state index >= 15 is 0 Å². The topological polar surface area (TPSA) is 55.6 Å². The fourth-order valence-corrected chi connectivity index (χ4v) is 3.14.